The van der Waals surface area contributed by atoms with Crippen LogP contribution in [0.3, 0.4) is 0 Å². The summed E-state index contributed by atoms with van der Waals surface area (Å²) in [5, 5.41) is 5.16. The zero-order valence-electron chi connectivity index (χ0n) is 13.0. The minimum absolute atomic E-state index is 0.0691. The molecule has 0 saturated carbocycles. The van der Waals surface area contributed by atoms with Crippen molar-refractivity contribution in [3.8, 4) is 0 Å². The summed E-state index contributed by atoms with van der Waals surface area (Å²) in [4.78, 5) is 16.8. The Morgan fingerprint density at radius 3 is 2.90 bits per heavy atom. The standard InChI is InChI=1S/C15H23ClN4O/c1-4-13-12(14(16)18(3)17-13)9-19-8-11-6-5-7-20(11)15(21)10(19)2/h10-11H,4-9H2,1-3H3/t10-,11-/m1/s1. The quantitative estimate of drug-likeness (QED) is 0.855. The molecule has 0 aromatic carbocycles. The van der Waals surface area contributed by atoms with Crippen molar-refractivity contribution >= 4 is 17.5 Å². The van der Waals surface area contributed by atoms with Gasteiger partial charge >= 0.3 is 0 Å². The summed E-state index contributed by atoms with van der Waals surface area (Å²) in [6, 6.07) is 0.314. The van der Waals surface area contributed by atoms with Gasteiger partial charge in [0.25, 0.3) is 0 Å². The number of halogens is 1. The fraction of sp³-hybridized carbons (Fsp3) is 0.733. The maximum atomic E-state index is 12.5. The average Bonchev–Trinajstić information content (AvgIpc) is 3.04. The van der Waals surface area contributed by atoms with Gasteiger partial charge in [-0.05, 0) is 26.2 Å². The summed E-state index contributed by atoms with van der Waals surface area (Å²) in [5.74, 6) is 0.266. The van der Waals surface area contributed by atoms with E-state index >= 15 is 0 Å². The van der Waals surface area contributed by atoms with Crippen molar-refractivity contribution in [1.29, 1.82) is 0 Å². The topological polar surface area (TPSA) is 41.4 Å². The molecule has 2 atom stereocenters. The van der Waals surface area contributed by atoms with Crippen LogP contribution >= 0.6 is 11.6 Å². The lowest BCUT2D eigenvalue weighted by atomic mass is 10.1. The number of aryl methyl sites for hydroxylation is 2. The number of hydrogen-bond acceptors (Lipinski definition) is 3. The first kappa shape index (κ1) is 14.9. The van der Waals surface area contributed by atoms with Gasteiger partial charge in [0.15, 0.2) is 0 Å². The Morgan fingerprint density at radius 1 is 1.43 bits per heavy atom. The van der Waals surface area contributed by atoms with E-state index in [1.165, 1.54) is 0 Å². The van der Waals surface area contributed by atoms with Crippen molar-refractivity contribution < 1.29 is 4.79 Å². The molecule has 6 heteroatoms. The third kappa shape index (κ3) is 2.46. The van der Waals surface area contributed by atoms with Gasteiger partial charge in [-0.15, -0.1) is 0 Å². The highest BCUT2D eigenvalue weighted by Gasteiger charge is 2.40. The Kier molecular flexibility index (Phi) is 3.97. The molecule has 21 heavy (non-hydrogen) atoms. The zero-order valence-corrected chi connectivity index (χ0v) is 13.7. The Hall–Kier alpha value is -1.07. The summed E-state index contributed by atoms with van der Waals surface area (Å²) < 4.78 is 1.73. The van der Waals surface area contributed by atoms with Crippen LogP contribution in [0, 0.1) is 0 Å². The molecule has 1 aromatic rings. The molecule has 0 aliphatic carbocycles. The van der Waals surface area contributed by atoms with Crippen LogP contribution in [-0.4, -0.2) is 50.7 Å². The van der Waals surface area contributed by atoms with Crippen molar-refractivity contribution in [2.75, 3.05) is 13.1 Å². The number of amides is 1. The number of aromatic nitrogens is 2. The highest BCUT2D eigenvalue weighted by Crippen LogP contribution is 2.29. The molecule has 3 rings (SSSR count). The minimum Gasteiger partial charge on any atom is -0.337 e. The largest absolute Gasteiger partial charge is 0.337 e. The van der Waals surface area contributed by atoms with Crippen molar-refractivity contribution in [3.05, 3.63) is 16.4 Å². The highest BCUT2D eigenvalue weighted by atomic mass is 35.5. The van der Waals surface area contributed by atoms with Crippen LogP contribution in [-0.2, 0) is 24.8 Å². The predicted octanol–water partition coefficient (Wildman–Crippen LogP) is 1.83. The van der Waals surface area contributed by atoms with Gasteiger partial charge in [-0.3, -0.25) is 14.4 Å². The van der Waals surface area contributed by atoms with Gasteiger partial charge in [-0.2, -0.15) is 5.10 Å². The number of hydrogen-bond donors (Lipinski definition) is 0. The van der Waals surface area contributed by atoms with Crippen molar-refractivity contribution in [3.63, 3.8) is 0 Å². The van der Waals surface area contributed by atoms with E-state index in [0.717, 1.165) is 43.6 Å². The van der Waals surface area contributed by atoms with Crippen LogP contribution in [0.15, 0.2) is 0 Å². The van der Waals surface area contributed by atoms with Gasteiger partial charge in [0, 0.05) is 38.3 Å². The number of carbonyl (C=O) groups excluding carboxylic acids is 1. The molecule has 0 spiro atoms. The summed E-state index contributed by atoms with van der Waals surface area (Å²) in [7, 11) is 1.87. The first-order valence-corrected chi connectivity index (χ1v) is 8.15. The minimum atomic E-state index is -0.0691. The van der Waals surface area contributed by atoms with E-state index in [9.17, 15) is 4.79 Å². The number of nitrogens with zero attached hydrogens (tertiary/aromatic N) is 4. The number of rotatable bonds is 3. The zero-order chi connectivity index (χ0) is 15.1. The van der Waals surface area contributed by atoms with E-state index in [-0.39, 0.29) is 11.9 Å². The summed E-state index contributed by atoms with van der Waals surface area (Å²) in [5.41, 5.74) is 2.11. The molecule has 2 aliphatic rings. The maximum absolute atomic E-state index is 12.5. The molecule has 1 aromatic heterocycles. The molecule has 0 radical (unpaired) electrons. The molecule has 2 fully saturated rings. The second-order valence-electron chi connectivity index (χ2n) is 6.13. The Bertz CT molecular complexity index is 556. The van der Waals surface area contributed by atoms with Crippen molar-refractivity contribution in [1.82, 2.24) is 19.6 Å². The van der Waals surface area contributed by atoms with Crippen LogP contribution < -0.4 is 0 Å². The van der Waals surface area contributed by atoms with Crippen molar-refractivity contribution in [2.24, 2.45) is 7.05 Å². The molecule has 0 bridgehead atoms. The molecule has 0 N–H and O–H groups in total. The van der Waals surface area contributed by atoms with Crippen LogP contribution in [0.4, 0.5) is 0 Å². The van der Waals surface area contributed by atoms with Crippen LogP contribution in [0.2, 0.25) is 5.15 Å². The fourth-order valence-electron chi connectivity index (χ4n) is 3.59. The predicted molar refractivity (Wildman–Crippen MR) is 82.2 cm³/mol. The second-order valence-corrected chi connectivity index (χ2v) is 6.48. The molecule has 3 heterocycles. The second kappa shape index (κ2) is 5.61. The van der Waals surface area contributed by atoms with Crippen LogP contribution in [0.1, 0.15) is 37.9 Å². The Labute approximate surface area is 130 Å². The van der Waals surface area contributed by atoms with Crippen LogP contribution in [0.5, 0.6) is 0 Å². The monoisotopic (exact) mass is 310 g/mol. The summed E-state index contributed by atoms with van der Waals surface area (Å²) >= 11 is 6.39. The number of fused-ring (bicyclic) bond motifs is 1. The molecule has 0 unspecified atom stereocenters. The first-order chi connectivity index (χ1) is 10.0. The lowest BCUT2D eigenvalue weighted by Crippen LogP contribution is -2.58. The third-order valence-electron chi connectivity index (χ3n) is 4.86. The number of piperazine rings is 1. The average molecular weight is 311 g/mol. The maximum Gasteiger partial charge on any atom is 0.239 e. The summed E-state index contributed by atoms with van der Waals surface area (Å²) in [6.07, 6.45) is 3.11. The van der Waals surface area contributed by atoms with E-state index in [4.69, 9.17) is 11.6 Å². The van der Waals surface area contributed by atoms with Gasteiger partial charge in [0.05, 0.1) is 11.7 Å². The molecule has 2 aliphatic heterocycles. The van der Waals surface area contributed by atoms with E-state index in [0.29, 0.717) is 17.7 Å². The van der Waals surface area contributed by atoms with Gasteiger partial charge in [0.1, 0.15) is 5.15 Å². The van der Waals surface area contributed by atoms with Gasteiger partial charge < -0.3 is 4.90 Å². The van der Waals surface area contributed by atoms with E-state index in [1.54, 1.807) is 4.68 Å². The van der Waals surface area contributed by atoms with Crippen LogP contribution in [0.25, 0.3) is 0 Å². The molecule has 116 valence electrons. The van der Waals surface area contributed by atoms with Crippen molar-refractivity contribution in [2.45, 2.75) is 51.7 Å². The molecular weight excluding hydrogens is 288 g/mol. The van der Waals surface area contributed by atoms with Gasteiger partial charge in [-0.25, -0.2) is 0 Å². The molecule has 1 amide bonds. The Balaban J connectivity index is 1.83. The molecular formula is C15H23ClN4O. The lowest BCUT2D eigenvalue weighted by Gasteiger charge is -2.41. The lowest BCUT2D eigenvalue weighted by molar-refractivity contribution is -0.143. The van der Waals surface area contributed by atoms with E-state index in [2.05, 4.69) is 21.8 Å². The number of carbonyl (C=O) groups is 1. The van der Waals surface area contributed by atoms with Gasteiger partial charge in [-0.1, -0.05) is 18.5 Å². The normalized spacial score (nSPS) is 26.5. The SMILES string of the molecule is CCc1nn(C)c(Cl)c1CN1C[C@H]2CCCN2C(=O)[C@H]1C. The Morgan fingerprint density at radius 2 is 2.19 bits per heavy atom. The summed E-state index contributed by atoms with van der Waals surface area (Å²) in [6.45, 7) is 6.68. The highest BCUT2D eigenvalue weighted by molar-refractivity contribution is 6.30. The fourth-order valence-corrected chi connectivity index (χ4v) is 3.79. The first-order valence-electron chi connectivity index (χ1n) is 7.77. The molecule has 5 nitrogen and oxygen atoms in total. The van der Waals surface area contributed by atoms with E-state index in [1.807, 2.05) is 14.0 Å². The van der Waals surface area contributed by atoms with E-state index < -0.39 is 0 Å². The van der Waals surface area contributed by atoms with Gasteiger partial charge in [0.2, 0.25) is 5.91 Å². The smallest absolute Gasteiger partial charge is 0.239 e. The molecule has 2 saturated heterocycles. The third-order valence-corrected chi connectivity index (χ3v) is 5.33.